The van der Waals surface area contributed by atoms with Crippen molar-refractivity contribution in [2.45, 2.75) is 44.6 Å². The zero-order valence-electron chi connectivity index (χ0n) is 18.0. The number of hydrogen-bond donors (Lipinski definition) is 1. The molecule has 1 aliphatic carbocycles. The molecule has 170 valence electrons. The van der Waals surface area contributed by atoms with Crippen LogP contribution >= 0.6 is 23.2 Å². The third-order valence-electron chi connectivity index (χ3n) is 6.33. The number of ether oxygens (including phenoxy) is 2. The minimum Gasteiger partial charge on any atom is -0.485 e. The number of nitriles is 1. The fraction of sp³-hybridized carbons (Fsp3) is 0.375. The van der Waals surface area contributed by atoms with Gasteiger partial charge in [-0.25, -0.2) is 5.01 Å². The number of hydrazone groups is 1. The predicted octanol–water partition coefficient (Wildman–Crippen LogP) is 4.45. The van der Waals surface area contributed by atoms with Crippen molar-refractivity contribution in [1.29, 1.82) is 5.26 Å². The summed E-state index contributed by atoms with van der Waals surface area (Å²) in [6, 6.07) is 12.3. The lowest BCUT2D eigenvalue weighted by Crippen LogP contribution is -2.50. The maximum absolute atomic E-state index is 12.9. The van der Waals surface area contributed by atoms with Crippen LogP contribution in [0.1, 0.15) is 43.1 Å². The van der Waals surface area contributed by atoms with Crippen molar-refractivity contribution in [3.8, 4) is 11.8 Å². The largest absolute Gasteiger partial charge is 0.485 e. The summed E-state index contributed by atoms with van der Waals surface area (Å²) >= 11 is 12.6. The smallest absolute Gasteiger partial charge is 0.247 e. The van der Waals surface area contributed by atoms with Crippen molar-refractivity contribution in [2.75, 3.05) is 0 Å². The number of nitrogens with zero attached hydrogens (tertiary/aromatic N) is 3. The number of hydrogen-bond acceptors (Lipinski definition) is 6. The van der Waals surface area contributed by atoms with Gasteiger partial charge in [0.05, 0.1) is 24.1 Å². The van der Waals surface area contributed by atoms with Gasteiger partial charge in [0.2, 0.25) is 11.8 Å². The third-order valence-corrected chi connectivity index (χ3v) is 7.04. The van der Waals surface area contributed by atoms with E-state index in [4.69, 9.17) is 32.7 Å². The molecule has 0 bridgehead atoms. The number of amides is 1. The van der Waals surface area contributed by atoms with E-state index in [1.54, 1.807) is 50.2 Å². The molecule has 9 heteroatoms. The maximum atomic E-state index is 12.9. The van der Waals surface area contributed by atoms with E-state index < -0.39 is 17.8 Å². The van der Waals surface area contributed by atoms with Crippen molar-refractivity contribution >= 4 is 35.0 Å². The predicted molar refractivity (Wildman–Crippen MR) is 122 cm³/mol. The zero-order chi connectivity index (χ0) is 23.5. The number of halogens is 2. The van der Waals surface area contributed by atoms with Crippen LogP contribution in [0.4, 0.5) is 0 Å². The summed E-state index contributed by atoms with van der Waals surface area (Å²) in [7, 11) is 0. The quantitative estimate of drug-likeness (QED) is 0.692. The highest BCUT2D eigenvalue weighted by Gasteiger charge is 2.55. The van der Waals surface area contributed by atoms with Gasteiger partial charge in [0.25, 0.3) is 0 Å². The van der Waals surface area contributed by atoms with E-state index in [-0.39, 0.29) is 24.3 Å². The molecule has 4 atom stereocenters. The Morgan fingerprint density at radius 1 is 1.27 bits per heavy atom. The third kappa shape index (κ3) is 3.82. The van der Waals surface area contributed by atoms with Gasteiger partial charge < -0.3 is 14.6 Å². The number of fused-ring (bicyclic) bond motifs is 2. The van der Waals surface area contributed by atoms with Crippen LogP contribution in [0, 0.1) is 23.2 Å². The highest BCUT2D eigenvalue weighted by molar-refractivity contribution is 6.36. The van der Waals surface area contributed by atoms with E-state index in [0.29, 0.717) is 44.8 Å². The molecule has 7 nitrogen and oxygen atoms in total. The van der Waals surface area contributed by atoms with Gasteiger partial charge in [-0.15, -0.1) is 5.10 Å². The SMILES string of the molecule is CC1(C)Oc2ccc(C#N)cc2[C@@H](OC2=NN(Cc3c(Cl)cccc3Cl)C(=O)[C@H]3C[C@@H]23)[C@@H]1O. The standard InChI is InChI=1S/C24H21Cl2N3O4/c1-24(2)21(30)20(15-8-12(10-27)6-7-19(15)33-24)32-22-13-9-14(13)23(31)29(28-22)11-16-17(25)4-3-5-18(16)26/h3-8,13-14,20-21,30H,9,11H2,1-2H3/t13-,14+,20-,21+/m1/s1. The van der Waals surface area contributed by atoms with E-state index in [0.717, 1.165) is 0 Å². The summed E-state index contributed by atoms with van der Waals surface area (Å²) in [4.78, 5) is 12.9. The van der Waals surface area contributed by atoms with E-state index in [1.165, 1.54) is 5.01 Å². The Labute approximate surface area is 201 Å². The number of benzene rings is 2. The average molecular weight is 486 g/mol. The van der Waals surface area contributed by atoms with E-state index in [2.05, 4.69) is 11.2 Å². The van der Waals surface area contributed by atoms with Gasteiger partial charge in [-0.2, -0.15) is 5.26 Å². The van der Waals surface area contributed by atoms with Crippen molar-refractivity contribution in [3.63, 3.8) is 0 Å². The Balaban J connectivity index is 1.49. The fourth-order valence-corrected chi connectivity index (χ4v) is 4.82. The normalized spacial score (nSPS) is 27.0. The first-order chi connectivity index (χ1) is 15.7. The van der Waals surface area contributed by atoms with Crippen LogP contribution in [0.15, 0.2) is 41.5 Å². The first-order valence-corrected chi connectivity index (χ1v) is 11.4. The molecule has 2 aliphatic heterocycles. The molecule has 0 saturated heterocycles. The van der Waals surface area contributed by atoms with Crippen LogP contribution in [0.25, 0.3) is 0 Å². The summed E-state index contributed by atoms with van der Waals surface area (Å²) in [6.07, 6.45) is -1.21. The lowest BCUT2D eigenvalue weighted by atomic mass is 9.87. The van der Waals surface area contributed by atoms with Crippen LogP contribution in [-0.4, -0.2) is 33.6 Å². The number of carbonyl (C=O) groups is 1. The van der Waals surface area contributed by atoms with Crippen molar-refractivity contribution in [1.82, 2.24) is 5.01 Å². The molecule has 1 N–H and O–H groups in total. The summed E-state index contributed by atoms with van der Waals surface area (Å²) in [6.45, 7) is 3.66. The molecule has 2 aromatic rings. The summed E-state index contributed by atoms with van der Waals surface area (Å²) in [5.41, 5.74) is 0.675. The molecule has 3 aliphatic rings. The Morgan fingerprint density at radius 3 is 2.70 bits per heavy atom. The Bertz CT molecular complexity index is 1200. The highest BCUT2D eigenvalue weighted by Crippen LogP contribution is 2.48. The Hall–Kier alpha value is -2.79. The molecule has 2 aromatic carbocycles. The van der Waals surface area contributed by atoms with Crippen LogP contribution in [0.2, 0.25) is 10.0 Å². The van der Waals surface area contributed by atoms with Crippen molar-refractivity contribution < 1.29 is 19.4 Å². The zero-order valence-corrected chi connectivity index (χ0v) is 19.5. The Kier molecular flexibility index (Phi) is 5.28. The summed E-state index contributed by atoms with van der Waals surface area (Å²) in [5, 5.41) is 27.1. The molecule has 1 amide bonds. The van der Waals surface area contributed by atoms with E-state index in [1.807, 2.05) is 0 Å². The number of rotatable bonds is 3. The molecular formula is C24H21Cl2N3O4. The van der Waals surface area contributed by atoms with Gasteiger partial charge in [-0.05, 0) is 50.6 Å². The van der Waals surface area contributed by atoms with Crippen LogP contribution in [-0.2, 0) is 16.1 Å². The van der Waals surface area contributed by atoms with Gasteiger partial charge in [-0.1, -0.05) is 29.3 Å². The van der Waals surface area contributed by atoms with Gasteiger partial charge in [0, 0.05) is 27.1 Å². The number of aliphatic hydroxyl groups excluding tert-OH is 1. The van der Waals surface area contributed by atoms with Crippen LogP contribution < -0.4 is 4.74 Å². The minimum atomic E-state index is -1.03. The van der Waals surface area contributed by atoms with E-state index >= 15 is 0 Å². The summed E-state index contributed by atoms with van der Waals surface area (Å²) < 4.78 is 12.2. The average Bonchev–Trinajstić information content (AvgIpc) is 3.58. The van der Waals surface area contributed by atoms with Crippen molar-refractivity contribution in [3.05, 3.63) is 63.1 Å². The maximum Gasteiger partial charge on any atom is 0.247 e. The molecule has 0 spiro atoms. The number of carbonyl (C=O) groups excluding carboxylic acids is 1. The lowest BCUT2D eigenvalue weighted by Gasteiger charge is -2.42. The monoisotopic (exact) mass is 485 g/mol. The molecular weight excluding hydrogens is 465 g/mol. The topological polar surface area (TPSA) is 95.2 Å². The minimum absolute atomic E-state index is 0.108. The first kappa shape index (κ1) is 22.0. The number of aliphatic hydroxyl groups is 1. The Morgan fingerprint density at radius 2 is 2.00 bits per heavy atom. The lowest BCUT2D eigenvalue weighted by molar-refractivity contribution is -0.135. The second-order valence-electron chi connectivity index (χ2n) is 9.04. The summed E-state index contributed by atoms with van der Waals surface area (Å²) in [5.74, 6) is 0.430. The fourth-order valence-electron chi connectivity index (χ4n) is 4.30. The molecule has 1 fully saturated rings. The molecule has 5 rings (SSSR count). The van der Waals surface area contributed by atoms with Gasteiger partial charge in [0.15, 0.2) is 6.10 Å². The van der Waals surface area contributed by atoms with Gasteiger partial charge in [0.1, 0.15) is 17.5 Å². The first-order valence-electron chi connectivity index (χ1n) is 10.6. The molecule has 1 saturated carbocycles. The molecule has 0 radical (unpaired) electrons. The van der Waals surface area contributed by atoms with Crippen LogP contribution in [0.3, 0.4) is 0 Å². The van der Waals surface area contributed by atoms with Crippen molar-refractivity contribution in [2.24, 2.45) is 16.9 Å². The second kappa shape index (κ2) is 7.91. The highest BCUT2D eigenvalue weighted by atomic mass is 35.5. The molecule has 33 heavy (non-hydrogen) atoms. The van der Waals surface area contributed by atoms with Gasteiger partial charge in [-0.3, -0.25) is 4.79 Å². The van der Waals surface area contributed by atoms with Gasteiger partial charge >= 0.3 is 0 Å². The molecule has 0 aromatic heterocycles. The molecule has 2 heterocycles. The molecule has 0 unspecified atom stereocenters. The van der Waals surface area contributed by atoms with Crippen LogP contribution in [0.5, 0.6) is 5.75 Å². The second-order valence-corrected chi connectivity index (χ2v) is 9.85. The van der Waals surface area contributed by atoms with E-state index in [9.17, 15) is 15.2 Å².